The lowest BCUT2D eigenvalue weighted by molar-refractivity contribution is 0.139. The zero-order chi connectivity index (χ0) is 10.7. The average molecular weight is 195 g/mol. The minimum atomic E-state index is -0.609. The van der Waals surface area contributed by atoms with Crippen LogP contribution >= 0.6 is 0 Å². The third-order valence-corrected chi connectivity index (χ3v) is 2.46. The SMILES string of the molecule is CCC(O)C(N)c1cccc(C)c1O. The van der Waals surface area contributed by atoms with Crippen LogP contribution < -0.4 is 5.73 Å². The lowest BCUT2D eigenvalue weighted by Crippen LogP contribution is -2.25. The van der Waals surface area contributed by atoms with Crippen LogP contribution in [0.1, 0.15) is 30.5 Å². The molecule has 3 heteroatoms. The third-order valence-electron chi connectivity index (χ3n) is 2.46. The first-order valence-corrected chi connectivity index (χ1v) is 4.80. The molecule has 3 nitrogen and oxygen atoms in total. The number of benzene rings is 1. The van der Waals surface area contributed by atoms with Gasteiger partial charge in [0.05, 0.1) is 12.1 Å². The fourth-order valence-corrected chi connectivity index (χ4v) is 1.41. The van der Waals surface area contributed by atoms with Crippen molar-refractivity contribution in [1.29, 1.82) is 0 Å². The van der Waals surface area contributed by atoms with Gasteiger partial charge in [0.25, 0.3) is 0 Å². The van der Waals surface area contributed by atoms with Crippen LogP contribution in [0, 0.1) is 6.92 Å². The molecule has 0 saturated heterocycles. The molecular formula is C11H17NO2. The summed E-state index contributed by atoms with van der Waals surface area (Å²) in [7, 11) is 0. The third kappa shape index (κ3) is 2.05. The Balaban J connectivity index is 3.01. The lowest BCUT2D eigenvalue weighted by Gasteiger charge is -2.19. The normalized spacial score (nSPS) is 15.1. The maximum absolute atomic E-state index is 9.72. The highest BCUT2D eigenvalue weighted by atomic mass is 16.3. The zero-order valence-corrected chi connectivity index (χ0v) is 8.57. The molecule has 0 fully saturated rings. The van der Waals surface area contributed by atoms with Gasteiger partial charge in [-0.3, -0.25) is 0 Å². The minimum absolute atomic E-state index is 0.188. The Morgan fingerprint density at radius 1 is 1.43 bits per heavy atom. The van der Waals surface area contributed by atoms with Crippen molar-refractivity contribution < 1.29 is 10.2 Å². The van der Waals surface area contributed by atoms with E-state index in [4.69, 9.17) is 5.73 Å². The molecule has 78 valence electrons. The summed E-state index contributed by atoms with van der Waals surface area (Å²) < 4.78 is 0. The summed E-state index contributed by atoms with van der Waals surface area (Å²) in [6.07, 6.45) is -0.0307. The summed E-state index contributed by atoms with van der Waals surface area (Å²) in [6.45, 7) is 3.67. The average Bonchev–Trinajstić information content (AvgIpc) is 2.20. The molecule has 0 bridgehead atoms. The highest BCUT2D eigenvalue weighted by molar-refractivity contribution is 5.41. The van der Waals surface area contributed by atoms with E-state index < -0.39 is 12.1 Å². The second-order valence-corrected chi connectivity index (χ2v) is 3.51. The lowest BCUT2D eigenvalue weighted by atomic mass is 9.98. The van der Waals surface area contributed by atoms with Gasteiger partial charge >= 0.3 is 0 Å². The second-order valence-electron chi connectivity index (χ2n) is 3.51. The molecule has 0 aromatic heterocycles. The first-order chi connectivity index (χ1) is 6.57. The van der Waals surface area contributed by atoms with Gasteiger partial charge in [0.1, 0.15) is 5.75 Å². The summed E-state index contributed by atoms with van der Waals surface area (Å²) >= 11 is 0. The number of hydrogen-bond acceptors (Lipinski definition) is 3. The quantitative estimate of drug-likeness (QED) is 0.684. The maximum Gasteiger partial charge on any atom is 0.123 e. The number of aromatic hydroxyl groups is 1. The van der Waals surface area contributed by atoms with Gasteiger partial charge in [0.2, 0.25) is 0 Å². The van der Waals surface area contributed by atoms with Crippen molar-refractivity contribution in [2.45, 2.75) is 32.4 Å². The van der Waals surface area contributed by atoms with Gasteiger partial charge in [-0.05, 0) is 18.9 Å². The Morgan fingerprint density at radius 2 is 2.07 bits per heavy atom. The number of phenolic OH excluding ortho intramolecular Hbond substituents is 1. The van der Waals surface area contributed by atoms with Crippen LogP contribution in [0.4, 0.5) is 0 Å². The number of rotatable bonds is 3. The number of nitrogens with two attached hydrogens (primary N) is 1. The van der Waals surface area contributed by atoms with Gasteiger partial charge in [0, 0.05) is 5.56 Å². The van der Waals surface area contributed by atoms with E-state index in [9.17, 15) is 10.2 Å². The van der Waals surface area contributed by atoms with E-state index in [1.54, 1.807) is 6.07 Å². The molecule has 0 aliphatic rings. The Labute approximate surface area is 84.2 Å². The van der Waals surface area contributed by atoms with Crippen LogP contribution in [-0.4, -0.2) is 16.3 Å². The van der Waals surface area contributed by atoms with Gasteiger partial charge in [-0.15, -0.1) is 0 Å². The van der Waals surface area contributed by atoms with Crippen LogP contribution in [-0.2, 0) is 0 Å². The topological polar surface area (TPSA) is 66.5 Å². The molecule has 2 atom stereocenters. The van der Waals surface area contributed by atoms with Crippen LogP contribution in [0.5, 0.6) is 5.75 Å². The van der Waals surface area contributed by atoms with Crippen molar-refractivity contribution in [2.75, 3.05) is 0 Å². The van der Waals surface area contributed by atoms with Crippen molar-refractivity contribution in [1.82, 2.24) is 0 Å². The van der Waals surface area contributed by atoms with Crippen LogP contribution in [0.15, 0.2) is 18.2 Å². The molecule has 0 amide bonds. The second kappa shape index (κ2) is 4.44. The van der Waals surface area contributed by atoms with E-state index in [1.807, 2.05) is 26.0 Å². The molecule has 4 N–H and O–H groups in total. The van der Waals surface area contributed by atoms with Gasteiger partial charge in [-0.25, -0.2) is 0 Å². The number of aryl methyl sites for hydroxylation is 1. The smallest absolute Gasteiger partial charge is 0.123 e. The van der Waals surface area contributed by atoms with Gasteiger partial charge in [-0.2, -0.15) is 0 Å². The van der Waals surface area contributed by atoms with Crippen molar-refractivity contribution in [3.05, 3.63) is 29.3 Å². The van der Waals surface area contributed by atoms with Crippen LogP contribution in [0.25, 0.3) is 0 Å². The Morgan fingerprint density at radius 3 is 2.64 bits per heavy atom. The van der Waals surface area contributed by atoms with E-state index in [2.05, 4.69) is 0 Å². The minimum Gasteiger partial charge on any atom is -0.507 e. The predicted molar refractivity (Wildman–Crippen MR) is 56.1 cm³/mol. The summed E-state index contributed by atoms with van der Waals surface area (Å²) in [5, 5.41) is 19.3. The Hall–Kier alpha value is -1.06. The standard InChI is InChI=1S/C11H17NO2/c1-3-9(13)10(12)8-6-4-5-7(2)11(8)14/h4-6,9-10,13-14H,3,12H2,1-2H3. The number of para-hydroxylation sites is 1. The molecule has 0 aliphatic heterocycles. The molecular weight excluding hydrogens is 178 g/mol. The Bertz CT molecular complexity index is 312. The molecule has 0 heterocycles. The van der Waals surface area contributed by atoms with Crippen LogP contribution in [0.2, 0.25) is 0 Å². The van der Waals surface area contributed by atoms with E-state index in [0.717, 1.165) is 5.56 Å². The molecule has 1 rings (SSSR count). The van der Waals surface area contributed by atoms with Gasteiger partial charge in [-0.1, -0.05) is 25.1 Å². The fourth-order valence-electron chi connectivity index (χ4n) is 1.41. The maximum atomic E-state index is 9.72. The summed E-state index contributed by atoms with van der Waals surface area (Å²) in [5.74, 6) is 0.188. The molecule has 0 aliphatic carbocycles. The van der Waals surface area contributed by atoms with Crippen LogP contribution in [0.3, 0.4) is 0 Å². The van der Waals surface area contributed by atoms with E-state index in [-0.39, 0.29) is 5.75 Å². The number of aliphatic hydroxyl groups is 1. The summed E-state index contributed by atoms with van der Waals surface area (Å²) in [6, 6.07) is 4.86. The number of aliphatic hydroxyl groups excluding tert-OH is 1. The summed E-state index contributed by atoms with van der Waals surface area (Å²) in [4.78, 5) is 0. The summed E-state index contributed by atoms with van der Waals surface area (Å²) in [5.41, 5.74) is 7.20. The van der Waals surface area contributed by atoms with Crippen molar-refractivity contribution in [3.63, 3.8) is 0 Å². The molecule has 0 saturated carbocycles. The highest BCUT2D eigenvalue weighted by Crippen LogP contribution is 2.28. The van der Waals surface area contributed by atoms with Crippen molar-refractivity contribution in [2.24, 2.45) is 5.73 Å². The van der Waals surface area contributed by atoms with Crippen molar-refractivity contribution in [3.8, 4) is 5.75 Å². The fraction of sp³-hybridized carbons (Fsp3) is 0.455. The molecule has 0 spiro atoms. The van der Waals surface area contributed by atoms with Crippen molar-refractivity contribution >= 4 is 0 Å². The first-order valence-electron chi connectivity index (χ1n) is 4.80. The predicted octanol–water partition coefficient (Wildman–Crippen LogP) is 1.47. The zero-order valence-electron chi connectivity index (χ0n) is 8.57. The molecule has 0 radical (unpaired) electrons. The first kappa shape index (κ1) is 11.0. The number of phenols is 1. The highest BCUT2D eigenvalue weighted by Gasteiger charge is 2.18. The van der Waals surface area contributed by atoms with Gasteiger partial charge < -0.3 is 15.9 Å². The molecule has 2 unspecified atom stereocenters. The molecule has 14 heavy (non-hydrogen) atoms. The Kier molecular flexibility index (Phi) is 3.49. The van der Waals surface area contributed by atoms with E-state index >= 15 is 0 Å². The van der Waals surface area contributed by atoms with E-state index in [0.29, 0.717) is 12.0 Å². The molecule has 1 aromatic rings. The van der Waals surface area contributed by atoms with Gasteiger partial charge in [0.15, 0.2) is 0 Å². The number of hydrogen-bond donors (Lipinski definition) is 3. The van der Waals surface area contributed by atoms with E-state index in [1.165, 1.54) is 0 Å². The molecule has 1 aromatic carbocycles. The monoisotopic (exact) mass is 195 g/mol. The largest absolute Gasteiger partial charge is 0.507 e.